The summed E-state index contributed by atoms with van der Waals surface area (Å²) in [5.41, 5.74) is 2.61. The highest BCUT2D eigenvalue weighted by Crippen LogP contribution is 2.38. The summed E-state index contributed by atoms with van der Waals surface area (Å²) in [6, 6.07) is 17.9. The molecule has 1 aliphatic rings. The second-order valence-corrected chi connectivity index (χ2v) is 10.9. The third kappa shape index (κ3) is 5.93. The van der Waals surface area contributed by atoms with E-state index in [0.29, 0.717) is 46.3 Å². The van der Waals surface area contributed by atoms with Crippen LogP contribution in [0.1, 0.15) is 22.3 Å². The van der Waals surface area contributed by atoms with Gasteiger partial charge in [0.05, 0.1) is 42.1 Å². The summed E-state index contributed by atoms with van der Waals surface area (Å²) in [5, 5.41) is 9.83. The Balaban J connectivity index is 1.51. The average molecular weight is 653 g/mol. The van der Waals surface area contributed by atoms with Gasteiger partial charge in [0.15, 0.2) is 0 Å². The number of hydrogen-bond donors (Lipinski definition) is 0. The molecule has 0 spiro atoms. The van der Waals surface area contributed by atoms with Gasteiger partial charge >= 0.3 is 0 Å². The number of benzene rings is 3. The highest BCUT2D eigenvalue weighted by molar-refractivity contribution is 9.11. The van der Waals surface area contributed by atoms with Crippen LogP contribution in [0.2, 0.25) is 10.0 Å². The van der Waals surface area contributed by atoms with Crippen LogP contribution in [0.5, 0.6) is 5.75 Å². The topological polar surface area (TPSA) is 70.4 Å². The van der Waals surface area contributed by atoms with Gasteiger partial charge < -0.3 is 4.74 Å². The first kappa shape index (κ1) is 25.8. The van der Waals surface area contributed by atoms with E-state index >= 15 is 0 Å². The molecular formula is C25H14Br2Cl2N2O3S. The van der Waals surface area contributed by atoms with Crippen molar-refractivity contribution in [3.05, 3.63) is 101 Å². The number of nitriles is 1. The van der Waals surface area contributed by atoms with Crippen LogP contribution in [-0.2, 0) is 17.9 Å². The molecule has 176 valence electrons. The molecule has 0 N–H and O–H groups in total. The largest absolute Gasteiger partial charge is 0.487 e. The number of nitrogens with zero attached hydrogens (tertiary/aromatic N) is 2. The first-order valence-corrected chi connectivity index (χ1v) is 13.2. The maximum Gasteiger partial charge on any atom is 0.293 e. The molecule has 0 aromatic heterocycles. The molecule has 3 aromatic rings. The van der Waals surface area contributed by atoms with E-state index in [1.807, 2.05) is 6.07 Å². The van der Waals surface area contributed by atoms with E-state index in [4.69, 9.17) is 27.9 Å². The lowest BCUT2D eigenvalue weighted by atomic mass is 10.1. The van der Waals surface area contributed by atoms with Gasteiger partial charge in [-0.2, -0.15) is 5.26 Å². The Morgan fingerprint density at radius 3 is 2.43 bits per heavy atom. The van der Waals surface area contributed by atoms with E-state index < -0.39 is 5.91 Å². The molecule has 2 amide bonds. The highest BCUT2D eigenvalue weighted by Gasteiger charge is 2.35. The molecule has 3 aromatic carbocycles. The smallest absolute Gasteiger partial charge is 0.293 e. The molecule has 1 fully saturated rings. The van der Waals surface area contributed by atoms with Gasteiger partial charge in [-0.25, -0.2) is 0 Å². The standard InChI is InChI=1S/C25H14Br2Cl2N2O3S/c26-18-7-15(8-19(27)23(18)34-13-14-5-6-20(28)21(29)9-14)10-22-24(32)31(25(33)35-22)12-17-4-2-1-3-16(17)11-30/h1-10H,12-13H2/b22-10+. The van der Waals surface area contributed by atoms with E-state index in [0.717, 1.165) is 22.2 Å². The first-order chi connectivity index (χ1) is 16.8. The Bertz CT molecular complexity index is 1400. The predicted octanol–water partition coefficient (Wildman–Crippen LogP) is 8.21. The number of ether oxygens (including phenoxy) is 1. The van der Waals surface area contributed by atoms with Gasteiger partial charge in [0, 0.05) is 0 Å². The number of carbonyl (C=O) groups excluding carboxylic acids is 2. The van der Waals surface area contributed by atoms with Gasteiger partial charge in [-0.3, -0.25) is 14.5 Å². The lowest BCUT2D eigenvalue weighted by molar-refractivity contribution is -0.123. The molecule has 35 heavy (non-hydrogen) atoms. The molecule has 0 radical (unpaired) electrons. The van der Waals surface area contributed by atoms with E-state index in [1.165, 1.54) is 0 Å². The quantitative estimate of drug-likeness (QED) is 0.251. The van der Waals surface area contributed by atoms with Gasteiger partial charge in [-0.05, 0) is 96.7 Å². The third-order valence-corrected chi connectivity index (χ3v) is 7.85. The van der Waals surface area contributed by atoms with Crippen LogP contribution in [0.3, 0.4) is 0 Å². The molecule has 0 bridgehead atoms. The summed E-state index contributed by atoms with van der Waals surface area (Å²) in [5.74, 6) is 0.175. The molecule has 5 nitrogen and oxygen atoms in total. The SMILES string of the molecule is N#Cc1ccccc1CN1C(=O)S/C(=C/c2cc(Br)c(OCc3ccc(Cl)c(Cl)c3)c(Br)c2)C1=O. The summed E-state index contributed by atoms with van der Waals surface area (Å²) in [6.07, 6.45) is 1.65. The number of rotatable bonds is 6. The van der Waals surface area contributed by atoms with Crippen molar-refractivity contribution in [1.82, 2.24) is 4.90 Å². The zero-order valence-corrected chi connectivity index (χ0v) is 23.2. The minimum Gasteiger partial charge on any atom is -0.487 e. The summed E-state index contributed by atoms with van der Waals surface area (Å²) >= 11 is 19.9. The first-order valence-electron chi connectivity index (χ1n) is 10.1. The van der Waals surface area contributed by atoms with Crippen LogP contribution in [0.25, 0.3) is 6.08 Å². The van der Waals surface area contributed by atoms with Crippen molar-refractivity contribution in [2.75, 3.05) is 0 Å². The molecule has 1 saturated heterocycles. The molecule has 0 unspecified atom stereocenters. The fourth-order valence-electron chi connectivity index (χ4n) is 3.31. The average Bonchev–Trinajstić information content (AvgIpc) is 3.08. The number of amides is 2. The number of hydrogen-bond acceptors (Lipinski definition) is 5. The second-order valence-electron chi connectivity index (χ2n) is 7.39. The maximum atomic E-state index is 12.9. The van der Waals surface area contributed by atoms with E-state index in [1.54, 1.807) is 54.6 Å². The molecule has 0 saturated carbocycles. The Kier molecular flexibility index (Phi) is 8.25. The van der Waals surface area contributed by atoms with Crippen molar-refractivity contribution in [3.8, 4) is 11.8 Å². The zero-order chi connectivity index (χ0) is 25.1. The Morgan fingerprint density at radius 1 is 1.03 bits per heavy atom. The summed E-state index contributed by atoms with van der Waals surface area (Å²) in [7, 11) is 0. The van der Waals surface area contributed by atoms with Crippen molar-refractivity contribution >= 4 is 84.0 Å². The number of imide groups is 1. The molecule has 10 heteroatoms. The monoisotopic (exact) mass is 650 g/mol. The van der Waals surface area contributed by atoms with Gasteiger partial charge in [0.25, 0.3) is 11.1 Å². The van der Waals surface area contributed by atoms with Crippen molar-refractivity contribution < 1.29 is 14.3 Å². The normalized spacial score (nSPS) is 14.5. The van der Waals surface area contributed by atoms with Crippen LogP contribution in [0.15, 0.2) is 68.4 Å². The minimum absolute atomic E-state index is 0.0423. The van der Waals surface area contributed by atoms with E-state index in [-0.39, 0.29) is 18.4 Å². The molecule has 1 heterocycles. The third-order valence-electron chi connectivity index (χ3n) is 5.03. The van der Waals surface area contributed by atoms with Crippen LogP contribution in [0.4, 0.5) is 4.79 Å². The van der Waals surface area contributed by atoms with Crippen molar-refractivity contribution in [2.24, 2.45) is 0 Å². The minimum atomic E-state index is -0.403. The van der Waals surface area contributed by atoms with Crippen LogP contribution >= 0.6 is 66.8 Å². The maximum absolute atomic E-state index is 12.9. The molecular weight excluding hydrogens is 639 g/mol. The lowest BCUT2D eigenvalue weighted by Crippen LogP contribution is -2.27. The summed E-state index contributed by atoms with van der Waals surface area (Å²) in [6.45, 7) is 0.317. The Morgan fingerprint density at radius 2 is 1.74 bits per heavy atom. The number of halogens is 4. The van der Waals surface area contributed by atoms with Gasteiger partial charge in [-0.1, -0.05) is 47.5 Å². The van der Waals surface area contributed by atoms with Crippen LogP contribution in [0, 0.1) is 11.3 Å². The van der Waals surface area contributed by atoms with Gasteiger partial charge in [0.2, 0.25) is 0 Å². The van der Waals surface area contributed by atoms with Crippen molar-refractivity contribution in [1.29, 1.82) is 5.26 Å². The van der Waals surface area contributed by atoms with Crippen LogP contribution < -0.4 is 4.74 Å². The summed E-state index contributed by atoms with van der Waals surface area (Å²) in [4.78, 5) is 26.9. The fraction of sp³-hybridized carbons (Fsp3) is 0.0800. The predicted molar refractivity (Wildman–Crippen MR) is 145 cm³/mol. The highest BCUT2D eigenvalue weighted by atomic mass is 79.9. The van der Waals surface area contributed by atoms with Gasteiger partial charge in [0.1, 0.15) is 12.4 Å². The lowest BCUT2D eigenvalue weighted by Gasteiger charge is -2.13. The number of thioether (sulfide) groups is 1. The van der Waals surface area contributed by atoms with Crippen LogP contribution in [-0.4, -0.2) is 16.0 Å². The number of carbonyl (C=O) groups is 2. The summed E-state index contributed by atoms with van der Waals surface area (Å²) < 4.78 is 7.27. The van der Waals surface area contributed by atoms with Crippen molar-refractivity contribution in [3.63, 3.8) is 0 Å². The fourth-order valence-corrected chi connectivity index (χ4v) is 5.92. The Labute approximate surface area is 232 Å². The Hall–Kier alpha value is -2.28. The van der Waals surface area contributed by atoms with E-state index in [2.05, 4.69) is 37.9 Å². The molecule has 4 rings (SSSR count). The van der Waals surface area contributed by atoms with Gasteiger partial charge in [-0.15, -0.1) is 0 Å². The van der Waals surface area contributed by atoms with E-state index in [9.17, 15) is 14.9 Å². The zero-order valence-electron chi connectivity index (χ0n) is 17.7. The molecule has 1 aliphatic heterocycles. The van der Waals surface area contributed by atoms with Crippen molar-refractivity contribution in [2.45, 2.75) is 13.2 Å². The molecule has 0 atom stereocenters. The second kappa shape index (κ2) is 11.2. The molecule has 0 aliphatic carbocycles.